The van der Waals surface area contributed by atoms with Crippen LogP contribution < -0.4 is 5.32 Å². The number of amides is 1. The molecule has 0 aliphatic rings. The molecule has 372 valence electrons. The number of carboxylic acid groups (broad SMARTS) is 1. The molecule has 0 saturated carbocycles. The zero-order valence-corrected chi connectivity index (χ0v) is 41.5. The molecule has 0 radical (unpaired) electrons. The highest BCUT2D eigenvalue weighted by Gasteiger charge is 2.28. The van der Waals surface area contributed by atoms with Gasteiger partial charge in [0.25, 0.3) is 0 Å². The summed E-state index contributed by atoms with van der Waals surface area (Å²) in [6.45, 7) is 2.58. The zero-order chi connectivity index (χ0) is 47.0. The van der Waals surface area contributed by atoms with E-state index in [4.69, 9.17) is 13.8 Å². The van der Waals surface area contributed by atoms with Crippen LogP contribution in [-0.2, 0) is 32.7 Å². The van der Waals surface area contributed by atoms with Crippen molar-refractivity contribution in [2.45, 2.75) is 244 Å². The minimum Gasteiger partial charge on any atom is -0.480 e. The first-order chi connectivity index (χ1) is 31.1. The number of aliphatic hydroxyl groups excluding tert-OH is 1. The number of unbranched alkanes of at least 4 members (excludes halogenated alkanes) is 26. The fourth-order valence-electron chi connectivity index (χ4n) is 7.08. The summed E-state index contributed by atoms with van der Waals surface area (Å²) in [5.41, 5.74) is 0. The highest BCUT2D eigenvalue weighted by molar-refractivity contribution is 7.47. The van der Waals surface area contributed by atoms with Gasteiger partial charge in [-0.1, -0.05) is 191 Å². The molecular weight excluding hydrogens is 830 g/mol. The fourth-order valence-corrected chi connectivity index (χ4v) is 7.85. The number of aliphatic hydroxyl groups is 1. The van der Waals surface area contributed by atoms with Crippen LogP contribution in [0.1, 0.15) is 232 Å². The Morgan fingerprint density at radius 1 is 0.500 bits per heavy atom. The number of hydrogen-bond donors (Lipinski definition) is 4. The Hall–Kier alpha value is -2.56. The summed E-state index contributed by atoms with van der Waals surface area (Å²) in [5, 5.41) is 21.9. The first kappa shape index (κ1) is 61.4. The van der Waals surface area contributed by atoms with Gasteiger partial charge >= 0.3 is 19.8 Å². The van der Waals surface area contributed by atoms with Crippen molar-refractivity contribution in [2.75, 3.05) is 19.8 Å². The molecule has 1 amide bonds. The second-order valence-corrected chi connectivity index (χ2v) is 18.8. The van der Waals surface area contributed by atoms with Crippen LogP contribution in [-0.4, -0.2) is 64.9 Å². The minimum absolute atomic E-state index is 0.130. The smallest absolute Gasteiger partial charge is 0.472 e. The van der Waals surface area contributed by atoms with Gasteiger partial charge in [-0.15, -0.1) is 0 Å². The summed E-state index contributed by atoms with van der Waals surface area (Å²) in [5.74, 6) is -2.39. The quantitative estimate of drug-likeness (QED) is 0.0199. The fraction of sp³-hybridized carbons (Fsp3) is 0.788. The summed E-state index contributed by atoms with van der Waals surface area (Å²) < 4.78 is 26.9. The molecule has 64 heavy (non-hydrogen) atoms. The summed E-state index contributed by atoms with van der Waals surface area (Å²) in [4.78, 5) is 46.1. The van der Waals surface area contributed by atoms with Crippen molar-refractivity contribution in [3.05, 3.63) is 48.6 Å². The van der Waals surface area contributed by atoms with E-state index in [-0.39, 0.29) is 12.8 Å². The molecule has 0 fully saturated rings. The molecule has 3 atom stereocenters. The summed E-state index contributed by atoms with van der Waals surface area (Å²) in [6.07, 6.45) is 54.1. The number of carboxylic acids is 1. The third-order valence-electron chi connectivity index (χ3n) is 11.1. The van der Waals surface area contributed by atoms with E-state index in [9.17, 15) is 34.1 Å². The highest BCUT2D eigenvalue weighted by atomic mass is 31.2. The SMILES string of the molecule is CCCCC/C=C\C/C=C\C/C=C\CCCCCCCCC(=O)NC(COP(=O)(O)OCC(O)COC(=O)CCCCCCCCCCCCC/C=C/CCCCCCCC)C(=O)O. The monoisotopic (exact) mass is 924 g/mol. The van der Waals surface area contributed by atoms with Crippen molar-refractivity contribution in [3.8, 4) is 0 Å². The molecule has 4 N–H and O–H groups in total. The number of nitrogens with one attached hydrogen (secondary N) is 1. The first-order valence-corrected chi connectivity index (χ1v) is 27.2. The van der Waals surface area contributed by atoms with Gasteiger partial charge in [-0.05, 0) is 77.0 Å². The molecule has 0 heterocycles. The Labute approximate surface area is 390 Å². The van der Waals surface area contributed by atoms with Crippen LogP contribution in [0.4, 0.5) is 0 Å². The van der Waals surface area contributed by atoms with Crippen molar-refractivity contribution >= 4 is 25.7 Å². The second kappa shape index (κ2) is 47.0. The van der Waals surface area contributed by atoms with E-state index in [0.717, 1.165) is 70.6 Å². The molecule has 0 aliphatic heterocycles. The molecule has 0 aromatic carbocycles. The molecule has 12 heteroatoms. The summed E-state index contributed by atoms with van der Waals surface area (Å²) in [6, 6.07) is -1.56. The minimum atomic E-state index is -4.77. The van der Waals surface area contributed by atoms with Crippen molar-refractivity contribution in [3.63, 3.8) is 0 Å². The Kier molecular flexibility index (Phi) is 45.1. The van der Waals surface area contributed by atoms with E-state index >= 15 is 0 Å². The maximum absolute atomic E-state index is 12.4. The molecule has 0 bridgehead atoms. The van der Waals surface area contributed by atoms with Gasteiger partial charge in [-0.3, -0.25) is 18.6 Å². The topological polar surface area (TPSA) is 169 Å². The molecular formula is C52H94NO10P. The van der Waals surface area contributed by atoms with E-state index in [0.29, 0.717) is 12.8 Å². The van der Waals surface area contributed by atoms with Crippen LogP contribution in [0.3, 0.4) is 0 Å². The maximum Gasteiger partial charge on any atom is 0.472 e. The third-order valence-corrected chi connectivity index (χ3v) is 12.0. The lowest BCUT2D eigenvalue weighted by molar-refractivity contribution is -0.147. The molecule has 0 aromatic heterocycles. The van der Waals surface area contributed by atoms with Crippen LogP contribution in [0, 0.1) is 0 Å². The Bertz CT molecular complexity index is 1270. The largest absolute Gasteiger partial charge is 0.480 e. The number of esters is 1. The Balaban J connectivity index is 3.84. The predicted molar refractivity (Wildman–Crippen MR) is 263 cm³/mol. The van der Waals surface area contributed by atoms with Crippen LogP contribution in [0.25, 0.3) is 0 Å². The van der Waals surface area contributed by atoms with Crippen molar-refractivity contribution in [2.24, 2.45) is 0 Å². The number of rotatable bonds is 48. The second-order valence-electron chi connectivity index (χ2n) is 17.4. The number of carbonyl (C=O) groups excluding carboxylic acids is 2. The van der Waals surface area contributed by atoms with Gasteiger partial charge in [0, 0.05) is 12.8 Å². The number of ether oxygens (including phenoxy) is 1. The van der Waals surface area contributed by atoms with Crippen LogP contribution in [0.15, 0.2) is 48.6 Å². The maximum atomic E-state index is 12.4. The van der Waals surface area contributed by atoms with Crippen molar-refractivity contribution < 1.29 is 47.8 Å². The number of phosphoric ester groups is 1. The van der Waals surface area contributed by atoms with Gasteiger partial charge < -0.3 is 25.2 Å². The lowest BCUT2D eigenvalue weighted by Crippen LogP contribution is -2.43. The van der Waals surface area contributed by atoms with Gasteiger partial charge in [0.15, 0.2) is 6.04 Å². The Morgan fingerprint density at radius 3 is 1.33 bits per heavy atom. The normalized spacial score (nSPS) is 13.9. The lowest BCUT2D eigenvalue weighted by Gasteiger charge is -2.18. The van der Waals surface area contributed by atoms with Crippen molar-refractivity contribution in [1.82, 2.24) is 5.32 Å². The van der Waals surface area contributed by atoms with Gasteiger partial charge in [0.1, 0.15) is 12.7 Å². The van der Waals surface area contributed by atoms with Gasteiger partial charge in [-0.2, -0.15) is 0 Å². The van der Waals surface area contributed by atoms with Gasteiger partial charge in [0.2, 0.25) is 5.91 Å². The average molecular weight is 924 g/mol. The number of carbonyl (C=O) groups is 3. The van der Waals surface area contributed by atoms with E-state index in [1.165, 1.54) is 122 Å². The molecule has 0 aliphatic carbocycles. The van der Waals surface area contributed by atoms with Gasteiger partial charge in [-0.25, -0.2) is 9.36 Å². The lowest BCUT2D eigenvalue weighted by atomic mass is 10.0. The molecule has 0 aromatic rings. The number of allylic oxidation sites excluding steroid dienone is 8. The van der Waals surface area contributed by atoms with Crippen LogP contribution in [0.2, 0.25) is 0 Å². The molecule has 0 saturated heterocycles. The molecule has 0 spiro atoms. The number of phosphoric acid groups is 1. The summed E-state index contributed by atoms with van der Waals surface area (Å²) >= 11 is 0. The third kappa shape index (κ3) is 46.0. The Morgan fingerprint density at radius 2 is 0.859 bits per heavy atom. The van der Waals surface area contributed by atoms with E-state index < -0.39 is 57.6 Å². The van der Waals surface area contributed by atoms with E-state index in [2.05, 4.69) is 67.8 Å². The number of hydrogen-bond acceptors (Lipinski definition) is 8. The molecule has 3 unspecified atom stereocenters. The summed E-state index contributed by atoms with van der Waals surface area (Å²) in [7, 11) is -4.77. The number of aliphatic carboxylic acids is 1. The van der Waals surface area contributed by atoms with E-state index in [1.807, 2.05) is 0 Å². The van der Waals surface area contributed by atoms with Gasteiger partial charge in [0.05, 0.1) is 13.2 Å². The van der Waals surface area contributed by atoms with Crippen molar-refractivity contribution in [1.29, 1.82) is 0 Å². The predicted octanol–water partition coefficient (Wildman–Crippen LogP) is 14.1. The standard InChI is InChI=1S/C52H94NO10P/c1-3-5-7-9-11-13-15-17-19-21-23-24-26-28-30-32-34-36-38-40-42-44-51(56)61-45-48(54)46-62-64(59,60)63-47-49(52(57)58)53-50(55)43-41-39-37-35-33-31-29-27-25-22-20-18-16-14-12-10-8-6-4-2/h12,14,17-20,25,27,48-49,54H,3-11,13,15-16,21-24,26,28-47H2,1-2H3,(H,53,55)(H,57,58)(H,59,60)/b14-12-,19-17+,20-18-,27-25-. The van der Waals surface area contributed by atoms with Crippen LogP contribution >= 0.6 is 7.82 Å². The molecule has 11 nitrogen and oxygen atoms in total. The highest BCUT2D eigenvalue weighted by Crippen LogP contribution is 2.43. The molecule has 0 rings (SSSR count). The van der Waals surface area contributed by atoms with E-state index in [1.54, 1.807) is 0 Å². The average Bonchev–Trinajstić information content (AvgIpc) is 3.27. The van der Waals surface area contributed by atoms with Crippen LogP contribution in [0.5, 0.6) is 0 Å². The zero-order valence-electron chi connectivity index (χ0n) is 40.6. The first-order valence-electron chi connectivity index (χ1n) is 25.7.